The topological polar surface area (TPSA) is 155 Å². The van der Waals surface area contributed by atoms with E-state index in [1.54, 1.807) is 25.1 Å². The number of nitrogens with one attached hydrogen (secondary N) is 2. The van der Waals surface area contributed by atoms with Gasteiger partial charge in [0, 0.05) is 18.7 Å². The second-order valence-electron chi connectivity index (χ2n) is 6.80. The number of anilines is 1. The second-order valence-corrected chi connectivity index (χ2v) is 6.80. The second kappa shape index (κ2) is 8.91. The van der Waals surface area contributed by atoms with Gasteiger partial charge in [-0.3, -0.25) is 24.3 Å². The molecule has 11 nitrogen and oxygen atoms in total. The van der Waals surface area contributed by atoms with E-state index in [4.69, 9.17) is 10.5 Å². The highest BCUT2D eigenvalue weighted by atomic mass is 16.7. The molecule has 1 fully saturated rings. The summed E-state index contributed by atoms with van der Waals surface area (Å²) in [6.45, 7) is 3.69. The van der Waals surface area contributed by atoms with Gasteiger partial charge in [0.15, 0.2) is 0 Å². The van der Waals surface area contributed by atoms with E-state index in [0.29, 0.717) is 29.0 Å². The van der Waals surface area contributed by atoms with Crippen molar-refractivity contribution in [1.82, 2.24) is 14.9 Å². The number of benzene rings is 1. The van der Waals surface area contributed by atoms with Gasteiger partial charge in [0.05, 0.1) is 17.5 Å². The SMILES string of the molecule is Cc1nc2cccc(NCCOC(C)OC(N)=O)c2c(=O)n1C1CCC(=O)NC1=O. The number of amides is 3. The smallest absolute Gasteiger partial charge is 0.406 e. The standard InChI is InChI=1S/C19H23N5O6/c1-10-22-13-5-3-4-12(21-8-9-29-11(2)30-19(20)28)16(13)18(27)24(10)14-6-7-15(25)23-17(14)26/h3-5,11,14,21H,6-9H2,1-2H3,(H2,20,28)(H,23,25,26). The third-order valence-electron chi connectivity index (χ3n) is 4.68. The molecular weight excluding hydrogens is 394 g/mol. The highest BCUT2D eigenvalue weighted by Gasteiger charge is 2.30. The minimum absolute atomic E-state index is 0.156. The van der Waals surface area contributed by atoms with Crippen LogP contribution in [0.15, 0.2) is 23.0 Å². The molecule has 0 aliphatic carbocycles. The summed E-state index contributed by atoms with van der Waals surface area (Å²) < 4.78 is 11.3. The van der Waals surface area contributed by atoms with Crippen molar-refractivity contribution in [2.45, 2.75) is 39.0 Å². The van der Waals surface area contributed by atoms with Crippen molar-refractivity contribution >= 4 is 34.5 Å². The van der Waals surface area contributed by atoms with Gasteiger partial charge < -0.3 is 20.5 Å². The van der Waals surface area contributed by atoms with Crippen molar-refractivity contribution in [3.05, 3.63) is 34.4 Å². The highest BCUT2D eigenvalue weighted by molar-refractivity contribution is 5.99. The summed E-state index contributed by atoms with van der Waals surface area (Å²) in [7, 11) is 0. The Bertz CT molecular complexity index is 1050. The van der Waals surface area contributed by atoms with Gasteiger partial charge in [-0.2, -0.15) is 0 Å². The average Bonchev–Trinajstić information content (AvgIpc) is 2.66. The number of nitrogens with zero attached hydrogens (tertiary/aromatic N) is 2. The molecule has 1 saturated heterocycles. The van der Waals surface area contributed by atoms with Gasteiger partial charge in [-0.05, 0) is 32.4 Å². The maximum atomic E-state index is 13.3. The van der Waals surface area contributed by atoms with E-state index in [1.165, 1.54) is 11.5 Å². The summed E-state index contributed by atoms with van der Waals surface area (Å²) in [5.41, 5.74) is 5.56. The lowest BCUT2D eigenvalue weighted by atomic mass is 10.1. The van der Waals surface area contributed by atoms with Gasteiger partial charge in [0.1, 0.15) is 11.9 Å². The summed E-state index contributed by atoms with van der Waals surface area (Å²) in [5, 5.41) is 5.70. The first-order chi connectivity index (χ1) is 14.3. The van der Waals surface area contributed by atoms with Crippen LogP contribution in [0.3, 0.4) is 0 Å². The van der Waals surface area contributed by atoms with Crippen LogP contribution >= 0.6 is 0 Å². The number of carbonyl (C=O) groups excluding carboxylic acids is 3. The molecule has 11 heteroatoms. The van der Waals surface area contributed by atoms with Crippen LogP contribution in [-0.2, 0) is 19.1 Å². The largest absolute Gasteiger partial charge is 0.420 e. The fourth-order valence-corrected chi connectivity index (χ4v) is 3.40. The summed E-state index contributed by atoms with van der Waals surface area (Å²) in [6.07, 6.45) is -1.34. The number of nitrogens with two attached hydrogens (primary N) is 1. The number of ether oxygens (including phenoxy) is 2. The Morgan fingerprint density at radius 1 is 1.40 bits per heavy atom. The third-order valence-corrected chi connectivity index (χ3v) is 4.68. The lowest BCUT2D eigenvalue weighted by Gasteiger charge is -2.24. The maximum Gasteiger partial charge on any atom is 0.406 e. The summed E-state index contributed by atoms with van der Waals surface area (Å²) in [5.74, 6) is -0.479. The normalized spacial score (nSPS) is 17.5. The third kappa shape index (κ3) is 4.57. The molecule has 2 unspecified atom stereocenters. The number of aryl methyl sites for hydroxylation is 1. The zero-order chi connectivity index (χ0) is 21.8. The van der Waals surface area contributed by atoms with Crippen LogP contribution in [0.4, 0.5) is 10.5 Å². The minimum atomic E-state index is -0.931. The molecule has 1 aliphatic rings. The molecular formula is C19H23N5O6. The van der Waals surface area contributed by atoms with E-state index in [0.717, 1.165) is 0 Å². The Morgan fingerprint density at radius 3 is 2.87 bits per heavy atom. The Kier molecular flexibility index (Phi) is 6.31. The molecule has 2 heterocycles. The van der Waals surface area contributed by atoms with Gasteiger partial charge in [-0.15, -0.1) is 0 Å². The van der Waals surface area contributed by atoms with Crippen LogP contribution in [0, 0.1) is 6.92 Å². The molecule has 0 radical (unpaired) electrons. The van der Waals surface area contributed by atoms with Crippen molar-refractivity contribution in [2.75, 3.05) is 18.5 Å². The molecule has 2 aromatic rings. The van der Waals surface area contributed by atoms with Crippen molar-refractivity contribution in [2.24, 2.45) is 5.73 Å². The minimum Gasteiger partial charge on any atom is -0.420 e. The van der Waals surface area contributed by atoms with E-state index in [1.807, 2.05) is 0 Å². The van der Waals surface area contributed by atoms with E-state index >= 15 is 0 Å². The molecule has 160 valence electrons. The number of hydrogen-bond acceptors (Lipinski definition) is 8. The fourth-order valence-electron chi connectivity index (χ4n) is 3.40. The first-order valence-electron chi connectivity index (χ1n) is 9.45. The molecule has 0 spiro atoms. The van der Waals surface area contributed by atoms with Crippen molar-refractivity contribution in [3.63, 3.8) is 0 Å². The highest BCUT2D eigenvalue weighted by Crippen LogP contribution is 2.23. The van der Waals surface area contributed by atoms with Gasteiger partial charge in [0.25, 0.3) is 5.56 Å². The molecule has 30 heavy (non-hydrogen) atoms. The summed E-state index contributed by atoms with van der Waals surface area (Å²) in [6, 6.07) is 4.39. The lowest BCUT2D eigenvalue weighted by Crippen LogP contribution is -2.45. The Morgan fingerprint density at radius 2 is 2.17 bits per heavy atom. The predicted octanol–water partition coefficient (Wildman–Crippen LogP) is 0.552. The van der Waals surface area contributed by atoms with Crippen molar-refractivity contribution in [3.8, 4) is 0 Å². The Labute approximate surface area is 171 Å². The Balaban J connectivity index is 1.84. The van der Waals surface area contributed by atoms with Crippen LogP contribution in [0.5, 0.6) is 0 Å². The van der Waals surface area contributed by atoms with Crippen LogP contribution in [0.2, 0.25) is 0 Å². The molecule has 3 amide bonds. The van der Waals surface area contributed by atoms with Crippen LogP contribution < -0.4 is 21.9 Å². The number of primary amides is 1. The van der Waals surface area contributed by atoms with Gasteiger partial charge in [-0.1, -0.05) is 6.07 Å². The lowest BCUT2D eigenvalue weighted by molar-refractivity contribution is -0.135. The van der Waals surface area contributed by atoms with Crippen LogP contribution in [0.1, 0.15) is 31.6 Å². The summed E-state index contributed by atoms with van der Waals surface area (Å²) >= 11 is 0. The molecule has 0 bridgehead atoms. The number of rotatable bonds is 7. The fraction of sp³-hybridized carbons (Fsp3) is 0.421. The van der Waals surface area contributed by atoms with E-state index < -0.39 is 24.3 Å². The number of aromatic nitrogens is 2. The zero-order valence-electron chi connectivity index (χ0n) is 16.6. The Hall–Kier alpha value is -3.47. The number of hydrogen-bond donors (Lipinski definition) is 3. The monoisotopic (exact) mass is 417 g/mol. The van der Waals surface area contributed by atoms with Gasteiger partial charge in [0.2, 0.25) is 18.1 Å². The molecule has 1 aromatic carbocycles. The number of imide groups is 1. The quantitative estimate of drug-likeness (QED) is 0.335. The molecule has 1 aromatic heterocycles. The van der Waals surface area contributed by atoms with Crippen molar-refractivity contribution in [1.29, 1.82) is 0 Å². The molecule has 2 atom stereocenters. The average molecular weight is 417 g/mol. The van der Waals surface area contributed by atoms with Gasteiger partial charge >= 0.3 is 6.09 Å². The number of piperidine rings is 1. The van der Waals surface area contributed by atoms with Gasteiger partial charge in [-0.25, -0.2) is 9.78 Å². The number of carbonyl (C=O) groups is 3. The van der Waals surface area contributed by atoms with E-state index in [2.05, 4.69) is 20.4 Å². The molecule has 4 N–H and O–H groups in total. The maximum absolute atomic E-state index is 13.3. The van der Waals surface area contributed by atoms with E-state index in [9.17, 15) is 19.2 Å². The first kappa shape index (κ1) is 21.2. The number of fused-ring (bicyclic) bond motifs is 1. The summed E-state index contributed by atoms with van der Waals surface area (Å²) in [4.78, 5) is 52.2. The van der Waals surface area contributed by atoms with E-state index in [-0.39, 0.29) is 30.9 Å². The van der Waals surface area contributed by atoms with Crippen molar-refractivity contribution < 1.29 is 23.9 Å². The first-order valence-corrected chi connectivity index (χ1v) is 9.45. The van der Waals surface area contributed by atoms with Crippen LogP contribution in [-0.4, -0.2) is 46.9 Å². The molecule has 1 aliphatic heterocycles. The molecule has 0 saturated carbocycles. The molecule has 3 rings (SSSR count). The predicted molar refractivity (Wildman–Crippen MR) is 107 cm³/mol. The zero-order valence-corrected chi connectivity index (χ0v) is 16.6. The van der Waals surface area contributed by atoms with Crippen LogP contribution in [0.25, 0.3) is 10.9 Å².